The highest BCUT2D eigenvalue weighted by atomic mass is 32.1. The molecule has 6 heteroatoms. The van der Waals surface area contributed by atoms with Crippen molar-refractivity contribution in [1.29, 1.82) is 0 Å². The maximum Gasteiger partial charge on any atom is 0.138 e. The van der Waals surface area contributed by atoms with Gasteiger partial charge in [0.15, 0.2) is 0 Å². The molecule has 0 bridgehead atoms. The third-order valence-corrected chi connectivity index (χ3v) is 4.34. The van der Waals surface area contributed by atoms with Crippen LogP contribution in [0.25, 0.3) is 0 Å². The number of hydrogen-bond donors (Lipinski definition) is 1. The van der Waals surface area contributed by atoms with E-state index in [0.717, 1.165) is 49.8 Å². The van der Waals surface area contributed by atoms with Crippen LogP contribution in [0.2, 0.25) is 0 Å². The fraction of sp³-hybridized carbons (Fsp3) is 0.714. The summed E-state index contributed by atoms with van der Waals surface area (Å²) in [5, 5.41) is 0. The maximum atomic E-state index is 5.88. The summed E-state index contributed by atoms with van der Waals surface area (Å²) in [5.41, 5.74) is 2.20. The smallest absolute Gasteiger partial charge is 0.138 e. The largest absolute Gasteiger partial charge is 0.376 e. The second-order valence-electron chi connectivity index (χ2n) is 5.64. The van der Waals surface area contributed by atoms with Gasteiger partial charge in [0.2, 0.25) is 0 Å². The van der Waals surface area contributed by atoms with E-state index >= 15 is 0 Å². The highest BCUT2D eigenvalue weighted by Crippen LogP contribution is 2.23. The van der Waals surface area contributed by atoms with Crippen molar-refractivity contribution in [2.45, 2.75) is 39.0 Å². The molecule has 2 aliphatic heterocycles. The van der Waals surface area contributed by atoms with Crippen LogP contribution in [0.3, 0.4) is 0 Å². The van der Waals surface area contributed by atoms with E-state index in [2.05, 4.69) is 28.7 Å². The number of nitrogens with zero attached hydrogens (tertiary/aromatic N) is 2. The van der Waals surface area contributed by atoms with Gasteiger partial charge in [-0.3, -0.25) is 4.90 Å². The summed E-state index contributed by atoms with van der Waals surface area (Å²) >= 11 is 5.40. The lowest BCUT2D eigenvalue weighted by Crippen LogP contribution is -2.42. The SMILES string of the molecule is CC(C)N1CCOC(c2nc(=S)c3c([nH]2)CCOC3)C1. The van der Waals surface area contributed by atoms with E-state index < -0.39 is 0 Å². The molecule has 2 aliphatic rings. The molecule has 110 valence electrons. The average molecular weight is 295 g/mol. The van der Waals surface area contributed by atoms with Gasteiger partial charge in [-0.25, -0.2) is 4.98 Å². The second kappa shape index (κ2) is 5.89. The monoisotopic (exact) mass is 295 g/mol. The molecule has 3 rings (SSSR count). The summed E-state index contributed by atoms with van der Waals surface area (Å²) in [4.78, 5) is 10.4. The molecule has 3 heterocycles. The van der Waals surface area contributed by atoms with Crippen LogP contribution < -0.4 is 0 Å². The molecule has 1 aromatic rings. The number of ether oxygens (including phenoxy) is 2. The first-order valence-electron chi connectivity index (χ1n) is 7.20. The van der Waals surface area contributed by atoms with Crippen molar-refractivity contribution in [3.8, 4) is 0 Å². The first-order valence-corrected chi connectivity index (χ1v) is 7.61. The number of aromatic nitrogens is 2. The van der Waals surface area contributed by atoms with Crippen molar-refractivity contribution in [2.75, 3.05) is 26.3 Å². The highest BCUT2D eigenvalue weighted by Gasteiger charge is 2.26. The molecule has 0 aliphatic carbocycles. The van der Waals surface area contributed by atoms with Crippen molar-refractivity contribution in [3.63, 3.8) is 0 Å². The summed E-state index contributed by atoms with van der Waals surface area (Å²) in [6.07, 6.45) is 0.857. The van der Waals surface area contributed by atoms with E-state index in [1.165, 1.54) is 0 Å². The highest BCUT2D eigenvalue weighted by molar-refractivity contribution is 7.71. The predicted molar refractivity (Wildman–Crippen MR) is 78.2 cm³/mol. The van der Waals surface area contributed by atoms with Gasteiger partial charge in [0, 0.05) is 36.8 Å². The van der Waals surface area contributed by atoms with Crippen molar-refractivity contribution < 1.29 is 9.47 Å². The van der Waals surface area contributed by atoms with Gasteiger partial charge in [-0.2, -0.15) is 0 Å². The quantitative estimate of drug-likeness (QED) is 0.846. The zero-order valence-electron chi connectivity index (χ0n) is 12.0. The first-order chi connectivity index (χ1) is 9.65. The summed E-state index contributed by atoms with van der Waals surface area (Å²) < 4.78 is 12.0. The Morgan fingerprint density at radius 1 is 1.40 bits per heavy atom. The Hall–Kier alpha value is -0.820. The number of morpholine rings is 1. The number of rotatable bonds is 2. The van der Waals surface area contributed by atoms with Crippen molar-refractivity contribution >= 4 is 12.2 Å². The molecule has 1 aromatic heterocycles. The van der Waals surface area contributed by atoms with E-state index in [-0.39, 0.29) is 6.10 Å². The van der Waals surface area contributed by atoms with Gasteiger partial charge in [-0.05, 0) is 13.8 Å². The van der Waals surface area contributed by atoms with Crippen LogP contribution in [-0.4, -0.2) is 47.2 Å². The minimum absolute atomic E-state index is 0.0130. The van der Waals surface area contributed by atoms with E-state index in [4.69, 9.17) is 21.7 Å². The number of H-pyrrole nitrogens is 1. The first kappa shape index (κ1) is 14.1. The van der Waals surface area contributed by atoms with E-state index in [9.17, 15) is 0 Å². The number of nitrogens with one attached hydrogen (secondary N) is 1. The summed E-state index contributed by atoms with van der Waals surface area (Å²) in [5.74, 6) is 0.862. The van der Waals surface area contributed by atoms with Crippen LogP contribution in [-0.2, 0) is 22.5 Å². The van der Waals surface area contributed by atoms with Crippen LogP contribution in [0.5, 0.6) is 0 Å². The topological polar surface area (TPSA) is 50.4 Å². The molecular weight excluding hydrogens is 274 g/mol. The van der Waals surface area contributed by atoms with E-state index in [1.54, 1.807) is 0 Å². The van der Waals surface area contributed by atoms with Crippen LogP contribution >= 0.6 is 12.2 Å². The lowest BCUT2D eigenvalue weighted by atomic mass is 10.1. The number of fused-ring (bicyclic) bond motifs is 1. The molecule has 0 radical (unpaired) electrons. The van der Waals surface area contributed by atoms with Crippen LogP contribution in [0.1, 0.15) is 37.0 Å². The van der Waals surface area contributed by atoms with Gasteiger partial charge < -0.3 is 14.5 Å². The Kier molecular flexibility index (Phi) is 4.16. The number of aromatic amines is 1. The minimum atomic E-state index is -0.0130. The Morgan fingerprint density at radius 3 is 3.05 bits per heavy atom. The third kappa shape index (κ3) is 2.79. The normalized spacial score (nSPS) is 23.9. The molecule has 20 heavy (non-hydrogen) atoms. The van der Waals surface area contributed by atoms with Crippen molar-refractivity contribution in [2.24, 2.45) is 0 Å². The zero-order valence-corrected chi connectivity index (χ0v) is 12.8. The molecule has 0 saturated carbocycles. The summed E-state index contributed by atoms with van der Waals surface area (Å²) in [7, 11) is 0. The average Bonchev–Trinajstić information content (AvgIpc) is 2.47. The van der Waals surface area contributed by atoms with Gasteiger partial charge in [0.1, 0.15) is 16.6 Å². The maximum absolute atomic E-state index is 5.88. The fourth-order valence-corrected chi connectivity index (χ4v) is 3.01. The van der Waals surface area contributed by atoms with Crippen molar-refractivity contribution in [3.05, 3.63) is 21.7 Å². The molecule has 1 atom stereocenters. The Morgan fingerprint density at radius 2 is 2.25 bits per heavy atom. The van der Waals surface area contributed by atoms with E-state index in [0.29, 0.717) is 17.3 Å². The lowest BCUT2D eigenvalue weighted by molar-refractivity contribution is -0.0445. The predicted octanol–water partition coefficient (Wildman–Crippen LogP) is 1.99. The molecule has 1 N–H and O–H groups in total. The molecule has 1 fully saturated rings. The zero-order chi connectivity index (χ0) is 14.1. The Bertz CT molecular complexity index is 544. The summed E-state index contributed by atoms with van der Waals surface area (Å²) in [6.45, 7) is 8.32. The van der Waals surface area contributed by atoms with Crippen LogP contribution in [0, 0.1) is 4.64 Å². The van der Waals surface area contributed by atoms with Gasteiger partial charge in [-0.1, -0.05) is 12.2 Å². The van der Waals surface area contributed by atoms with E-state index in [1.807, 2.05) is 0 Å². The van der Waals surface area contributed by atoms with Crippen LogP contribution in [0.4, 0.5) is 0 Å². The lowest BCUT2D eigenvalue weighted by Gasteiger charge is -2.35. The fourth-order valence-electron chi connectivity index (χ4n) is 2.73. The minimum Gasteiger partial charge on any atom is -0.376 e. The molecule has 1 unspecified atom stereocenters. The van der Waals surface area contributed by atoms with Gasteiger partial charge in [0.05, 0.1) is 19.8 Å². The Balaban J connectivity index is 1.86. The molecule has 5 nitrogen and oxygen atoms in total. The van der Waals surface area contributed by atoms with Crippen molar-refractivity contribution in [1.82, 2.24) is 14.9 Å². The molecular formula is C14H21N3O2S. The van der Waals surface area contributed by atoms with Gasteiger partial charge in [-0.15, -0.1) is 0 Å². The number of hydrogen-bond acceptors (Lipinski definition) is 5. The molecule has 1 saturated heterocycles. The molecule has 0 amide bonds. The second-order valence-corrected chi connectivity index (χ2v) is 6.02. The molecule has 0 aromatic carbocycles. The Labute approximate surface area is 124 Å². The molecule has 0 spiro atoms. The standard InChI is InChI=1S/C14H21N3O2S/c1-9(2)17-4-6-19-12(7-17)13-15-11-3-5-18-8-10(11)14(20)16-13/h9,12H,3-8H2,1-2H3,(H,15,16,20). The van der Waals surface area contributed by atoms with Gasteiger partial charge >= 0.3 is 0 Å². The van der Waals surface area contributed by atoms with Crippen LogP contribution in [0.15, 0.2) is 0 Å². The van der Waals surface area contributed by atoms with Gasteiger partial charge in [0.25, 0.3) is 0 Å². The third-order valence-electron chi connectivity index (χ3n) is 4.00. The summed E-state index contributed by atoms with van der Waals surface area (Å²) in [6, 6.07) is 0.524.